The first-order valence-corrected chi connectivity index (χ1v) is 9.68. The standard InChI is InChI=1S/C20H21N3O4S/c1-13-18(20(26)23(22(13)3)16-7-5-4-6-8-16)21-19(25)14(2)27-17(24)11-15-9-10-28-12-15/h4-10,12,14H,11H2,1-3H3,(H,21,25)/t14-/m0/s1. The summed E-state index contributed by atoms with van der Waals surface area (Å²) in [5, 5.41) is 6.33. The fourth-order valence-electron chi connectivity index (χ4n) is 2.79. The Morgan fingerprint density at radius 3 is 2.57 bits per heavy atom. The Bertz CT molecular complexity index is 1040. The van der Waals surface area contributed by atoms with E-state index in [0.29, 0.717) is 11.4 Å². The van der Waals surface area contributed by atoms with E-state index in [9.17, 15) is 14.4 Å². The van der Waals surface area contributed by atoms with Crippen molar-refractivity contribution in [1.82, 2.24) is 9.36 Å². The number of ether oxygens (including phenoxy) is 1. The van der Waals surface area contributed by atoms with Gasteiger partial charge in [-0.15, -0.1) is 0 Å². The molecule has 0 fully saturated rings. The highest BCUT2D eigenvalue weighted by atomic mass is 32.1. The molecule has 1 atom stereocenters. The molecule has 0 aliphatic carbocycles. The normalized spacial score (nSPS) is 11.8. The van der Waals surface area contributed by atoms with E-state index in [1.807, 2.05) is 35.0 Å². The van der Waals surface area contributed by atoms with Gasteiger partial charge >= 0.3 is 5.97 Å². The molecule has 0 saturated heterocycles. The monoisotopic (exact) mass is 399 g/mol. The van der Waals surface area contributed by atoms with E-state index in [-0.39, 0.29) is 17.7 Å². The lowest BCUT2D eigenvalue weighted by Crippen LogP contribution is -2.32. The summed E-state index contributed by atoms with van der Waals surface area (Å²) in [4.78, 5) is 37.3. The molecule has 2 heterocycles. The van der Waals surface area contributed by atoms with Gasteiger partial charge in [0.25, 0.3) is 11.5 Å². The predicted molar refractivity (Wildman–Crippen MR) is 108 cm³/mol. The van der Waals surface area contributed by atoms with Crippen molar-refractivity contribution in [2.45, 2.75) is 26.4 Å². The molecule has 146 valence electrons. The molecule has 1 aromatic carbocycles. The van der Waals surface area contributed by atoms with Crippen LogP contribution in [0.15, 0.2) is 52.0 Å². The van der Waals surface area contributed by atoms with Crippen LogP contribution in [0.3, 0.4) is 0 Å². The minimum atomic E-state index is -1.02. The van der Waals surface area contributed by atoms with E-state index in [0.717, 1.165) is 5.56 Å². The van der Waals surface area contributed by atoms with E-state index >= 15 is 0 Å². The molecule has 1 amide bonds. The number of esters is 1. The summed E-state index contributed by atoms with van der Waals surface area (Å²) in [7, 11) is 1.74. The number of rotatable bonds is 6. The third-order valence-electron chi connectivity index (χ3n) is 4.41. The number of aromatic nitrogens is 2. The summed E-state index contributed by atoms with van der Waals surface area (Å²) in [6.45, 7) is 3.22. The Morgan fingerprint density at radius 1 is 1.21 bits per heavy atom. The minimum Gasteiger partial charge on any atom is -0.452 e. The van der Waals surface area contributed by atoms with Gasteiger partial charge in [0.05, 0.1) is 17.8 Å². The lowest BCUT2D eigenvalue weighted by Gasteiger charge is -2.12. The first kappa shape index (κ1) is 19.6. The Kier molecular flexibility index (Phi) is 5.79. The van der Waals surface area contributed by atoms with Gasteiger partial charge in [0.2, 0.25) is 0 Å². The van der Waals surface area contributed by atoms with Crippen molar-refractivity contribution in [2.24, 2.45) is 7.05 Å². The molecule has 7 nitrogen and oxygen atoms in total. The zero-order valence-electron chi connectivity index (χ0n) is 15.8. The molecule has 0 radical (unpaired) electrons. The molecule has 0 aliphatic rings. The van der Waals surface area contributed by atoms with Gasteiger partial charge < -0.3 is 10.1 Å². The first-order chi connectivity index (χ1) is 13.4. The van der Waals surface area contributed by atoms with Gasteiger partial charge in [0, 0.05) is 7.05 Å². The SMILES string of the molecule is Cc1c(NC(=O)[C@H](C)OC(=O)Cc2ccsc2)c(=O)n(-c2ccccc2)n1C. The van der Waals surface area contributed by atoms with Crippen LogP contribution < -0.4 is 10.9 Å². The molecule has 0 unspecified atom stereocenters. The van der Waals surface area contributed by atoms with Crippen molar-refractivity contribution in [3.8, 4) is 5.69 Å². The molecule has 3 aromatic rings. The zero-order valence-corrected chi connectivity index (χ0v) is 16.7. The second-order valence-corrected chi connectivity index (χ2v) is 7.15. The number of nitrogens with zero attached hydrogens (tertiary/aromatic N) is 2. The molecule has 1 N–H and O–H groups in total. The lowest BCUT2D eigenvalue weighted by molar-refractivity contribution is -0.152. The third-order valence-corrected chi connectivity index (χ3v) is 5.14. The average molecular weight is 399 g/mol. The van der Waals surface area contributed by atoms with Gasteiger partial charge in [-0.25, -0.2) is 4.68 Å². The summed E-state index contributed by atoms with van der Waals surface area (Å²) in [6, 6.07) is 11.0. The molecule has 28 heavy (non-hydrogen) atoms. The molecular weight excluding hydrogens is 378 g/mol. The molecule has 0 aliphatic heterocycles. The van der Waals surface area contributed by atoms with Crippen molar-refractivity contribution < 1.29 is 14.3 Å². The predicted octanol–water partition coefficient (Wildman–Crippen LogP) is 2.66. The highest BCUT2D eigenvalue weighted by Crippen LogP contribution is 2.15. The number of anilines is 1. The topological polar surface area (TPSA) is 82.3 Å². The van der Waals surface area contributed by atoms with Gasteiger partial charge in [0.1, 0.15) is 5.69 Å². The van der Waals surface area contributed by atoms with Gasteiger partial charge in [-0.3, -0.25) is 19.1 Å². The summed E-state index contributed by atoms with van der Waals surface area (Å²) in [5.74, 6) is -1.04. The number of benzene rings is 1. The van der Waals surface area contributed by atoms with Crippen LogP contribution in [0.1, 0.15) is 18.2 Å². The molecule has 3 rings (SSSR count). The van der Waals surface area contributed by atoms with Crippen LogP contribution in [0.5, 0.6) is 0 Å². The van der Waals surface area contributed by atoms with Crippen LogP contribution in [0.25, 0.3) is 5.69 Å². The number of carbonyl (C=O) groups is 2. The second kappa shape index (κ2) is 8.26. The molecule has 8 heteroatoms. The zero-order chi connectivity index (χ0) is 20.3. The van der Waals surface area contributed by atoms with E-state index in [4.69, 9.17) is 4.74 Å². The van der Waals surface area contributed by atoms with Crippen LogP contribution in [0, 0.1) is 6.92 Å². The number of hydrogen-bond donors (Lipinski definition) is 1. The fraction of sp³-hybridized carbons (Fsp3) is 0.250. The minimum absolute atomic E-state index is 0.103. The third kappa shape index (κ3) is 4.07. The Hall–Kier alpha value is -3.13. The van der Waals surface area contributed by atoms with Crippen LogP contribution in [0.4, 0.5) is 5.69 Å². The van der Waals surface area contributed by atoms with Crippen LogP contribution in [0.2, 0.25) is 0 Å². The van der Waals surface area contributed by atoms with Crippen molar-refractivity contribution in [1.29, 1.82) is 0 Å². The lowest BCUT2D eigenvalue weighted by atomic mass is 10.2. The van der Waals surface area contributed by atoms with Crippen molar-refractivity contribution in [2.75, 3.05) is 5.32 Å². The molecule has 0 bridgehead atoms. The van der Waals surface area contributed by atoms with E-state index in [1.54, 1.807) is 30.8 Å². The number of amides is 1. The molecule has 2 aromatic heterocycles. The van der Waals surface area contributed by atoms with E-state index in [1.165, 1.54) is 22.9 Å². The van der Waals surface area contributed by atoms with Crippen molar-refractivity contribution in [3.05, 3.63) is 68.8 Å². The smallest absolute Gasteiger partial charge is 0.311 e. The fourth-order valence-corrected chi connectivity index (χ4v) is 3.46. The highest BCUT2D eigenvalue weighted by molar-refractivity contribution is 7.08. The average Bonchev–Trinajstić information content (AvgIpc) is 3.25. The highest BCUT2D eigenvalue weighted by Gasteiger charge is 2.23. The number of hydrogen-bond acceptors (Lipinski definition) is 5. The maximum absolute atomic E-state index is 12.8. The quantitative estimate of drug-likeness (QED) is 0.646. The van der Waals surface area contributed by atoms with E-state index in [2.05, 4.69) is 5.32 Å². The molecule has 0 saturated carbocycles. The summed E-state index contributed by atoms with van der Waals surface area (Å²) >= 11 is 1.49. The van der Waals surface area contributed by atoms with Crippen molar-refractivity contribution in [3.63, 3.8) is 0 Å². The second-order valence-electron chi connectivity index (χ2n) is 6.37. The van der Waals surface area contributed by atoms with Gasteiger partial charge in [-0.05, 0) is 48.4 Å². The number of carbonyl (C=O) groups excluding carboxylic acids is 2. The van der Waals surface area contributed by atoms with Gasteiger partial charge in [-0.1, -0.05) is 18.2 Å². The summed E-state index contributed by atoms with van der Waals surface area (Å²) < 4.78 is 8.33. The maximum atomic E-state index is 12.8. The maximum Gasteiger partial charge on any atom is 0.311 e. The first-order valence-electron chi connectivity index (χ1n) is 8.74. The Labute approximate surface area is 166 Å². The number of para-hydroxylation sites is 1. The number of nitrogens with one attached hydrogen (secondary N) is 1. The molecular formula is C20H21N3O4S. The van der Waals surface area contributed by atoms with Crippen LogP contribution >= 0.6 is 11.3 Å². The van der Waals surface area contributed by atoms with Crippen LogP contribution in [-0.2, 0) is 27.8 Å². The van der Waals surface area contributed by atoms with Gasteiger partial charge in [0.15, 0.2) is 6.10 Å². The largest absolute Gasteiger partial charge is 0.452 e. The molecule has 0 spiro atoms. The number of thiophene rings is 1. The summed E-state index contributed by atoms with van der Waals surface area (Å²) in [6.07, 6.45) is -0.915. The Balaban J connectivity index is 1.73. The van der Waals surface area contributed by atoms with Crippen LogP contribution in [-0.4, -0.2) is 27.3 Å². The Morgan fingerprint density at radius 2 is 1.93 bits per heavy atom. The van der Waals surface area contributed by atoms with Gasteiger partial charge in [-0.2, -0.15) is 11.3 Å². The van der Waals surface area contributed by atoms with E-state index < -0.39 is 18.0 Å². The summed E-state index contributed by atoms with van der Waals surface area (Å²) in [5.41, 5.74) is 1.94. The van der Waals surface area contributed by atoms with Crippen molar-refractivity contribution >= 4 is 28.9 Å².